The topological polar surface area (TPSA) is 61.5 Å². The van der Waals surface area contributed by atoms with Gasteiger partial charge in [0.2, 0.25) is 0 Å². The molecule has 0 saturated carbocycles. The molecule has 1 aromatic heterocycles. The summed E-state index contributed by atoms with van der Waals surface area (Å²) in [5, 5.41) is 0. The standard InChI is InChI=1S/C12H22N6/c1-16(2)3-4-17-5-7-18(8-6-17)12-9-11(13)14-10-15-12/h9-10H,3-8H2,1-2H3,(H2,13,14,15). The van der Waals surface area contributed by atoms with Crippen molar-refractivity contribution in [3.63, 3.8) is 0 Å². The third-order valence-electron chi connectivity index (χ3n) is 3.23. The summed E-state index contributed by atoms with van der Waals surface area (Å²) in [6.45, 7) is 6.41. The van der Waals surface area contributed by atoms with Gasteiger partial charge >= 0.3 is 0 Å². The van der Waals surface area contributed by atoms with Crippen molar-refractivity contribution in [1.82, 2.24) is 19.8 Å². The Labute approximate surface area is 108 Å². The SMILES string of the molecule is CN(C)CCN1CCN(c2cc(N)ncn2)CC1. The maximum absolute atomic E-state index is 5.68. The first-order valence-electron chi connectivity index (χ1n) is 6.35. The van der Waals surface area contributed by atoms with Gasteiger partial charge in [-0.15, -0.1) is 0 Å². The summed E-state index contributed by atoms with van der Waals surface area (Å²) in [4.78, 5) is 15.2. The average molecular weight is 250 g/mol. The van der Waals surface area contributed by atoms with E-state index in [0.29, 0.717) is 5.82 Å². The van der Waals surface area contributed by atoms with E-state index < -0.39 is 0 Å². The lowest BCUT2D eigenvalue weighted by atomic mass is 10.3. The van der Waals surface area contributed by atoms with Crippen LogP contribution in [0.1, 0.15) is 0 Å². The average Bonchev–Trinajstić information content (AvgIpc) is 2.37. The Bertz CT molecular complexity index is 373. The van der Waals surface area contributed by atoms with Gasteiger partial charge in [-0.3, -0.25) is 4.90 Å². The summed E-state index contributed by atoms with van der Waals surface area (Å²) in [6, 6.07) is 1.84. The number of anilines is 2. The Morgan fingerprint density at radius 1 is 1.22 bits per heavy atom. The van der Waals surface area contributed by atoms with Crippen LogP contribution in [-0.2, 0) is 0 Å². The van der Waals surface area contributed by atoms with Crippen LogP contribution < -0.4 is 10.6 Å². The van der Waals surface area contributed by atoms with Gasteiger partial charge < -0.3 is 15.5 Å². The van der Waals surface area contributed by atoms with E-state index in [2.05, 4.69) is 38.8 Å². The summed E-state index contributed by atoms with van der Waals surface area (Å²) >= 11 is 0. The van der Waals surface area contributed by atoms with Crippen molar-refractivity contribution in [3.8, 4) is 0 Å². The number of nitrogen functional groups attached to an aromatic ring is 1. The number of nitrogens with two attached hydrogens (primary N) is 1. The van der Waals surface area contributed by atoms with Crippen molar-refractivity contribution in [3.05, 3.63) is 12.4 Å². The van der Waals surface area contributed by atoms with Crippen LogP contribution in [0.4, 0.5) is 11.6 Å². The molecule has 6 nitrogen and oxygen atoms in total. The molecule has 1 aromatic rings. The predicted molar refractivity (Wildman–Crippen MR) is 73.7 cm³/mol. The highest BCUT2D eigenvalue weighted by Crippen LogP contribution is 2.14. The number of nitrogens with zero attached hydrogens (tertiary/aromatic N) is 5. The molecule has 0 atom stereocenters. The molecule has 0 radical (unpaired) electrons. The molecule has 0 aliphatic carbocycles. The number of likely N-dealkylation sites (N-methyl/N-ethyl adjacent to an activating group) is 1. The number of hydrogen-bond acceptors (Lipinski definition) is 6. The van der Waals surface area contributed by atoms with E-state index in [9.17, 15) is 0 Å². The molecule has 2 N–H and O–H groups in total. The zero-order chi connectivity index (χ0) is 13.0. The summed E-state index contributed by atoms with van der Waals surface area (Å²) < 4.78 is 0. The predicted octanol–water partition coefficient (Wildman–Crippen LogP) is -0.258. The summed E-state index contributed by atoms with van der Waals surface area (Å²) in [5.74, 6) is 1.48. The highest BCUT2D eigenvalue weighted by molar-refractivity contribution is 5.46. The molecule has 18 heavy (non-hydrogen) atoms. The van der Waals surface area contributed by atoms with Crippen LogP contribution in [0.15, 0.2) is 12.4 Å². The van der Waals surface area contributed by atoms with Crippen LogP contribution in [-0.4, -0.2) is 73.1 Å². The number of rotatable bonds is 4. The molecule has 0 unspecified atom stereocenters. The molecule has 0 bridgehead atoms. The van der Waals surface area contributed by atoms with Crippen molar-refractivity contribution in [2.75, 3.05) is 64.0 Å². The molecule has 0 aromatic carbocycles. The van der Waals surface area contributed by atoms with Crippen LogP contribution in [0.2, 0.25) is 0 Å². The van der Waals surface area contributed by atoms with Crippen molar-refractivity contribution in [2.24, 2.45) is 0 Å². The van der Waals surface area contributed by atoms with Gasteiger partial charge in [-0.2, -0.15) is 0 Å². The van der Waals surface area contributed by atoms with Gasteiger partial charge in [-0.25, -0.2) is 9.97 Å². The normalized spacial score (nSPS) is 17.4. The molecular formula is C12H22N6. The van der Waals surface area contributed by atoms with E-state index in [0.717, 1.165) is 45.1 Å². The quantitative estimate of drug-likeness (QED) is 0.794. The number of aromatic nitrogens is 2. The van der Waals surface area contributed by atoms with Gasteiger partial charge in [0.15, 0.2) is 0 Å². The molecule has 1 saturated heterocycles. The largest absolute Gasteiger partial charge is 0.384 e. The van der Waals surface area contributed by atoms with Gasteiger partial charge in [0.25, 0.3) is 0 Å². The fourth-order valence-corrected chi connectivity index (χ4v) is 2.08. The first-order valence-corrected chi connectivity index (χ1v) is 6.35. The van der Waals surface area contributed by atoms with Crippen LogP contribution in [0, 0.1) is 0 Å². The molecular weight excluding hydrogens is 228 g/mol. The minimum absolute atomic E-state index is 0.537. The van der Waals surface area contributed by atoms with E-state index in [-0.39, 0.29) is 0 Å². The van der Waals surface area contributed by atoms with Crippen molar-refractivity contribution >= 4 is 11.6 Å². The highest BCUT2D eigenvalue weighted by Gasteiger charge is 2.17. The zero-order valence-corrected chi connectivity index (χ0v) is 11.2. The summed E-state index contributed by atoms with van der Waals surface area (Å²) in [5.41, 5.74) is 5.68. The second-order valence-corrected chi connectivity index (χ2v) is 4.93. The number of hydrogen-bond donors (Lipinski definition) is 1. The molecule has 0 amide bonds. The summed E-state index contributed by atoms with van der Waals surface area (Å²) in [7, 11) is 4.22. The third-order valence-corrected chi connectivity index (χ3v) is 3.23. The monoisotopic (exact) mass is 250 g/mol. The van der Waals surface area contributed by atoms with Gasteiger partial charge in [-0.1, -0.05) is 0 Å². The Hall–Kier alpha value is -1.40. The molecule has 6 heteroatoms. The first-order chi connectivity index (χ1) is 8.65. The van der Waals surface area contributed by atoms with Crippen LogP contribution in [0.25, 0.3) is 0 Å². The lowest BCUT2D eigenvalue weighted by Gasteiger charge is -2.35. The molecule has 1 aliphatic heterocycles. The van der Waals surface area contributed by atoms with Crippen LogP contribution >= 0.6 is 0 Å². The molecule has 1 aliphatic rings. The summed E-state index contributed by atoms with van der Waals surface area (Å²) in [6.07, 6.45) is 1.53. The van der Waals surface area contributed by atoms with E-state index in [4.69, 9.17) is 5.73 Å². The van der Waals surface area contributed by atoms with Crippen molar-refractivity contribution in [1.29, 1.82) is 0 Å². The third kappa shape index (κ3) is 3.54. The van der Waals surface area contributed by atoms with Gasteiger partial charge in [-0.05, 0) is 14.1 Å². The Morgan fingerprint density at radius 3 is 2.56 bits per heavy atom. The zero-order valence-electron chi connectivity index (χ0n) is 11.2. The second kappa shape index (κ2) is 5.97. The Balaban J connectivity index is 1.83. The minimum atomic E-state index is 0.537. The van der Waals surface area contributed by atoms with Gasteiger partial charge in [0.05, 0.1) is 0 Å². The second-order valence-electron chi connectivity index (χ2n) is 4.93. The lowest BCUT2D eigenvalue weighted by Crippen LogP contribution is -2.48. The smallest absolute Gasteiger partial charge is 0.134 e. The van der Waals surface area contributed by atoms with Crippen molar-refractivity contribution < 1.29 is 0 Å². The Morgan fingerprint density at radius 2 is 1.94 bits per heavy atom. The fraction of sp³-hybridized carbons (Fsp3) is 0.667. The molecule has 1 fully saturated rings. The molecule has 0 spiro atoms. The van der Waals surface area contributed by atoms with E-state index in [1.165, 1.54) is 6.33 Å². The van der Waals surface area contributed by atoms with Gasteiger partial charge in [0, 0.05) is 45.3 Å². The van der Waals surface area contributed by atoms with E-state index >= 15 is 0 Å². The highest BCUT2D eigenvalue weighted by atomic mass is 15.3. The van der Waals surface area contributed by atoms with Crippen LogP contribution in [0.3, 0.4) is 0 Å². The first kappa shape index (κ1) is 13.0. The fourth-order valence-electron chi connectivity index (χ4n) is 2.08. The molecule has 100 valence electrons. The van der Waals surface area contributed by atoms with Gasteiger partial charge in [0.1, 0.15) is 18.0 Å². The van der Waals surface area contributed by atoms with Crippen LogP contribution in [0.5, 0.6) is 0 Å². The van der Waals surface area contributed by atoms with E-state index in [1.807, 2.05) is 6.07 Å². The van der Waals surface area contributed by atoms with Crippen molar-refractivity contribution in [2.45, 2.75) is 0 Å². The minimum Gasteiger partial charge on any atom is -0.384 e. The number of piperazine rings is 1. The maximum atomic E-state index is 5.68. The van der Waals surface area contributed by atoms with E-state index in [1.54, 1.807) is 0 Å². The molecule has 2 heterocycles. The maximum Gasteiger partial charge on any atom is 0.134 e. The molecule has 2 rings (SSSR count). The Kier molecular flexibility index (Phi) is 4.33. The lowest BCUT2D eigenvalue weighted by molar-refractivity contribution is 0.229.